The van der Waals surface area contributed by atoms with Gasteiger partial charge < -0.3 is 15.2 Å². The highest BCUT2D eigenvalue weighted by atomic mass is 16.5. The minimum Gasteiger partial charge on any atom is -0.494 e. The molecule has 0 saturated heterocycles. The van der Waals surface area contributed by atoms with Crippen LogP contribution in [0, 0.1) is 0 Å². The first-order chi connectivity index (χ1) is 8.61. The van der Waals surface area contributed by atoms with Crippen molar-refractivity contribution < 1.29 is 19.4 Å². The summed E-state index contributed by atoms with van der Waals surface area (Å²) in [5, 5.41) is 11.5. The molecule has 0 fully saturated rings. The van der Waals surface area contributed by atoms with Gasteiger partial charge in [0.15, 0.2) is 0 Å². The van der Waals surface area contributed by atoms with Crippen molar-refractivity contribution in [3.05, 3.63) is 29.3 Å². The van der Waals surface area contributed by atoms with E-state index in [9.17, 15) is 9.59 Å². The second-order valence-corrected chi connectivity index (χ2v) is 4.22. The van der Waals surface area contributed by atoms with Crippen LogP contribution >= 0.6 is 0 Å². The number of nitrogens with one attached hydrogen (secondary N) is 1. The van der Waals surface area contributed by atoms with Crippen LogP contribution in [0.2, 0.25) is 0 Å². The summed E-state index contributed by atoms with van der Waals surface area (Å²) in [6, 6.07) is 4.70. The Balaban J connectivity index is 2.25. The molecule has 1 aromatic carbocycles. The molecule has 1 atom stereocenters. The van der Waals surface area contributed by atoms with Gasteiger partial charge in [-0.1, -0.05) is 6.92 Å². The normalized spacial score (nSPS) is 17.2. The third kappa shape index (κ3) is 2.45. The van der Waals surface area contributed by atoms with Crippen LogP contribution in [0.5, 0.6) is 5.75 Å². The molecule has 1 aromatic rings. The standard InChI is InChI=1S/C13H15NO4/c1-2-5-18-8-3-4-9-10(6-8)11(7-12(15)16)14-13(9)17/h3-4,6,11H,2,5,7H2,1H3,(H,14,17)(H,15,16). The average molecular weight is 249 g/mol. The Kier molecular flexibility index (Phi) is 3.50. The Morgan fingerprint density at radius 3 is 2.94 bits per heavy atom. The van der Waals surface area contributed by atoms with Crippen molar-refractivity contribution in [1.29, 1.82) is 0 Å². The zero-order valence-electron chi connectivity index (χ0n) is 10.1. The minimum atomic E-state index is -0.937. The molecular weight excluding hydrogens is 234 g/mol. The van der Waals surface area contributed by atoms with Crippen LogP contribution in [0.3, 0.4) is 0 Å². The van der Waals surface area contributed by atoms with Gasteiger partial charge in [0, 0.05) is 5.56 Å². The van der Waals surface area contributed by atoms with Gasteiger partial charge in [0.25, 0.3) is 5.91 Å². The van der Waals surface area contributed by atoms with Crippen LogP contribution in [0.15, 0.2) is 18.2 Å². The van der Waals surface area contributed by atoms with Gasteiger partial charge in [-0.15, -0.1) is 0 Å². The number of carbonyl (C=O) groups excluding carboxylic acids is 1. The molecule has 0 aliphatic carbocycles. The number of aliphatic carboxylic acids is 1. The second-order valence-electron chi connectivity index (χ2n) is 4.22. The summed E-state index contributed by atoms with van der Waals surface area (Å²) in [4.78, 5) is 22.4. The van der Waals surface area contributed by atoms with E-state index in [0.29, 0.717) is 23.5 Å². The summed E-state index contributed by atoms with van der Waals surface area (Å²) in [7, 11) is 0. The van der Waals surface area contributed by atoms with E-state index in [1.807, 2.05) is 6.92 Å². The van der Waals surface area contributed by atoms with Crippen molar-refractivity contribution >= 4 is 11.9 Å². The lowest BCUT2D eigenvalue weighted by atomic mass is 10.0. The number of hydrogen-bond donors (Lipinski definition) is 2. The lowest BCUT2D eigenvalue weighted by Crippen LogP contribution is -2.21. The number of carboxylic acid groups (broad SMARTS) is 1. The third-order valence-corrected chi connectivity index (χ3v) is 2.80. The Hall–Kier alpha value is -2.04. The van der Waals surface area contributed by atoms with E-state index < -0.39 is 12.0 Å². The van der Waals surface area contributed by atoms with Gasteiger partial charge >= 0.3 is 5.97 Å². The molecule has 1 heterocycles. The number of amides is 1. The molecule has 1 amide bonds. The van der Waals surface area contributed by atoms with E-state index in [-0.39, 0.29) is 12.3 Å². The zero-order chi connectivity index (χ0) is 13.1. The van der Waals surface area contributed by atoms with Gasteiger partial charge in [-0.25, -0.2) is 0 Å². The Morgan fingerprint density at radius 2 is 2.28 bits per heavy atom. The predicted molar refractivity (Wildman–Crippen MR) is 64.7 cm³/mol. The van der Waals surface area contributed by atoms with Crippen LogP contribution in [-0.4, -0.2) is 23.6 Å². The van der Waals surface area contributed by atoms with E-state index in [2.05, 4.69) is 5.32 Å². The number of carboxylic acids is 1. The van der Waals surface area contributed by atoms with Crippen LogP contribution in [0.1, 0.15) is 41.7 Å². The van der Waals surface area contributed by atoms with Gasteiger partial charge in [0.1, 0.15) is 5.75 Å². The first-order valence-electron chi connectivity index (χ1n) is 5.91. The summed E-state index contributed by atoms with van der Waals surface area (Å²) in [6.45, 7) is 2.61. The van der Waals surface area contributed by atoms with Crippen molar-refractivity contribution in [3.8, 4) is 5.75 Å². The summed E-state index contributed by atoms with van der Waals surface area (Å²) in [6.07, 6.45) is 0.781. The maximum Gasteiger partial charge on any atom is 0.305 e. The van der Waals surface area contributed by atoms with Crippen molar-refractivity contribution in [2.75, 3.05) is 6.61 Å². The zero-order valence-corrected chi connectivity index (χ0v) is 10.1. The molecule has 18 heavy (non-hydrogen) atoms. The predicted octanol–water partition coefficient (Wildman–Crippen LogP) is 1.73. The molecule has 1 aliphatic heterocycles. The monoisotopic (exact) mass is 249 g/mol. The third-order valence-electron chi connectivity index (χ3n) is 2.80. The first kappa shape index (κ1) is 12.4. The lowest BCUT2D eigenvalue weighted by Gasteiger charge is -2.10. The number of benzene rings is 1. The molecule has 2 rings (SSSR count). The van der Waals surface area contributed by atoms with Crippen molar-refractivity contribution in [3.63, 3.8) is 0 Å². The van der Waals surface area contributed by atoms with Crippen LogP contribution in [0.25, 0.3) is 0 Å². The number of carbonyl (C=O) groups is 2. The number of rotatable bonds is 5. The van der Waals surface area contributed by atoms with Crippen LogP contribution in [-0.2, 0) is 4.79 Å². The average Bonchev–Trinajstić information content (AvgIpc) is 2.63. The highest BCUT2D eigenvalue weighted by Crippen LogP contribution is 2.31. The number of ether oxygens (including phenoxy) is 1. The quantitative estimate of drug-likeness (QED) is 0.833. The molecule has 1 aliphatic rings. The molecule has 2 N–H and O–H groups in total. The smallest absolute Gasteiger partial charge is 0.305 e. The molecule has 0 bridgehead atoms. The summed E-state index contributed by atoms with van der Waals surface area (Å²) >= 11 is 0. The van der Waals surface area contributed by atoms with Gasteiger partial charge in [0.2, 0.25) is 0 Å². The largest absolute Gasteiger partial charge is 0.494 e. The van der Waals surface area contributed by atoms with E-state index in [0.717, 1.165) is 6.42 Å². The van der Waals surface area contributed by atoms with Gasteiger partial charge in [-0.2, -0.15) is 0 Å². The second kappa shape index (κ2) is 5.08. The Morgan fingerprint density at radius 1 is 1.50 bits per heavy atom. The Bertz CT molecular complexity index is 482. The molecule has 0 aromatic heterocycles. The summed E-state index contributed by atoms with van der Waals surface area (Å²) in [5.41, 5.74) is 1.24. The first-order valence-corrected chi connectivity index (χ1v) is 5.91. The molecule has 0 spiro atoms. The highest BCUT2D eigenvalue weighted by molar-refractivity contribution is 5.99. The molecule has 0 radical (unpaired) electrons. The van der Waals surface area contributed by atoms with Crippen LogP contribution in [0.4, 0.5) is 0 Å². The molecule has 1 unspecified atom stereocenters. The van der Waals surface area contributed by atoms with E-state index in [4.69, 9.17) is 9.84 Å². The molecular formula is C13H15NO4. The Labute approximate surface area is 105 Å². The lowest BCUT2D eigenvalue weighted by molar-refractivity contribution is -0.137. The van der Waals surface area contributed by atoms with Gasteiger partial charge in [0.05, 0.1) is 19.1 Å². The minimum absolute atomic E-state index is 0.115. The van der Waals surface area contributed by atoms with Crippen LogP contribution < -0.4 is 10.1 Å². The van der Waals surface area contributed by atoms with Crippen molar-refractivity contribution in [2.24, 2.45) is 0 Å². The number of hydrogen-bond acceptors (Lipinski definition) is 3. The summed E-state index contributed by atoms with van der Waals surface area (Å²) in [5.74, 6) is -0.492. The van der Waals surface area contributed by atoms with E-state index >= 15 is 0 Å². The highest BCUT2D eigenvalue weighted by Gasteiger charge is 2.30. The summed E-state index contributed by atoms with van der Waals surface area (Å²) < 4.78 is 5.48. The number of fused-ring (bicyclic) bond motifs is 1. The fraction of sp³-hybridized carbons (Fsp3) is 0.385. The maximum absolute atomic E-state index is 11.6. The molecule has 5 heteroatoms. The fourth-order valence-electron chi connectivity index (χ4n) is 1.99. The van der Waals surface area contributed by atoms with Crippen molar-refractivity contribution in [1.82, 2.24) is 5.32 Å². The van der Waals surface area contributed by atoms with Gasteiger partial charge in [-0.3, -0.25) is 9.59 Å². The van der Waals surface area contributed by atoms with Gasteiger partial charge in [-0.05, 0) is 30.2 Å². The maximum atomic E-state index is 11.6. The topological polar surface area (TPSA) is 75.6 Å². The van der Waals surface area contributed by atoms with Crippen molar-refractivity contribution in [2.45, 2.75) is 25.8 Å². The fourth-order valence-corrected chi connectivity index (χ4v) is 1.99. The van der Waals surface area contributed by atoms with E-state index in [1.165, 1.54) is 0 Å². The molecule has 96 valence electrons. The van der Waals surface area contributed by atoms with E-state index in [1.54, 1.807) is 18.2 Å². The molecule has 0 saturated carbocycles. The molecule has 5 nitrogen and oxygen atoms in total. The SMILES string of the molecule is CCCOc1ccc2c(c1)C(CC(=O)O)NC2=O.